The molecule has 0 saturated carbocycles. The number of aryl methyl sites for hydroxylation is 1. The summed E-state index contributed by atoms with van der Waals surface area (Å²) in [7, 11) is 0. The Morgan fingerprint density at radius 2 is 1.73 bits per heavy atom. The van der Waals surface area contributed by atoms with Crippen molar-refractivity contribution < 1.29 is 9.59 Å². The van der Waals surface area contributed by atoms with E-state index in [4.69, 9.17) is 0 Å². The second-order valence-corrected chi connectivity index (χ2v) is 5.36. The minimum absolute atomic E-state index is 0.178. The zero-order chi connectivity index (χ0) is 16.1. The molecule has 0 saturated heterocycles. The van der Waals surface area contributed by atoms with E-state index in [0.717, 1.165) is 5.56 Å². The van der Waals surface area contributed by atoms with Crippen LogP contribution in [0.4, 0.5) is 11.5 Å². The van der Waals surface area contributed by atoms with Crippen molar-refractivity contribution in [2.24, 2.45) is 5.92 Å². The predicted molar refractivity (Wildman–Crippen MR) is 86.8 cm³/mol. The SMILES string of the molecule is Cc1ccc(NC(=O)c2cccnc2NC(=O)C(C)C)cc1. The number of carbonyl (C=O) groups excluding carboxylic acids is 2. The van der Waals surface area contributed by atoms with Gasteiger partial charge in [0, 0.05) is 17.8 Å². The maximum absolute atomic E-state index is 12.4. The highest BCUT2D eigenvalue weighted by Gasteiger charge is 2.16. The fraction of sp³-hybridized carbons (Fsp3) is 0.235. The number of pyridine rings is 1. The van der Waals surface area contributed by atoms with Gasteiger partial charge in [0.1, 0.15) is 5.82 Å². The van der Waals surface area contributed by atoms with Crippen LogP contribution in [0.1, 0.15) is 29.8 Å². The summed E-state index contributed by atoms with van der Waals surface area (Å²) in [6, 6.07) is 10.8. The third kappa shape index (κ3) is 3.91. The van der Waals surface area contributed by atoms with Gasteiger partial charge in [-0.25, -0.2) is 4.98 Å². The Morgan fingerprint density at radius 3 is 2.36 bits per heavy atom. The van der Waals surface area contributed by atoms with Crippen LogP contribution in [0.3, 0.4) is 0 Å². The van der Waals surface area contributed by atoms with Crippen molar-refractivity contribution in [2.45, 2.75) is 20.8 Å². The third-order valence-electron chi connectivity index (χ3n) is 3.13. The van der Waals surface area contributed by atoms with Crippen LogP contribution in [0.15, 0.2) is 42.6 Å². The topological polar surface area (TPSA) is 71.1 Å². The quantitative estimate of drug-likeness (QED) is 0.910. The molecule has 0 fully saturated rings. The molecular weight excluding hydrogens is 278 g/mol. The van der Waals surface area contributed by atoms with Gasteiger partial charge in [0.15, 0.2) is 0 Å². The van der Waals surface area contributed by atoms with Crippen molar-refractivity contribution in [3.8, 4) is 0 Å². The second kappa shape index (κ2) is 6.85. The van der Waals surface area contributed by atoms with E-state index in [1.54, 1.807) is 32.2 Å². The zero-order valence-corrected chi connectivity index (χ0v) is 12.9. The van der Waals surface area contributed by atoms with Gasteiger partial charge in [-0.15, -0.1) is 0 Å². The molecule has 2 amide bonds. The highest BCUT2D eigenvalue weighted by molar-refractivity contribution is 6.09. The Labute approximate surface area is 129 Å². The summed E-state index contributed by atoms with van der Waals surface area (Å²) >= 11 is 0. The van der Waals surface area contributed by atoms with E-state index in [1.807, 2.05) is 31.2 Å². The molecule has 114 valence electrons. The van der Waals surface area contributed by atoms with Crippen molar-refractivity contribution in [3.63, 3.8) is 0 Å². The molecule has 0 aliphatic carbocycles. The van der Waals surface area contributed by atoms with Crippen LogP contribution >= 0.6 is 0 Å². The fourth-order valence-corrected chi connectivity index (χ4v) is 1.78. The molecule has 2 rings (SSSR count). The van der Waals surface area contributed by atoms with Crippen LogP contribution in [-0.4, -0.2) is 16.8 Å². The number of hydrogen-bond donors (Lipinski definition) is 2. The lowest BCUT2D eigenvalue weighted by atomic mass is 10.2. The molecule has 0 spiro atoms. The number of hydrogen-bond acceptors (Lipinski definition) is 3. The molecule has 0 aliphatic heterocycles. The number of amides is 2. The molecule has 2 N–H and O–H groups in total. The average Bonchev–Trinajstić information content (AvgIpc) is 2.50. The predicted octanol–water partition coefficient (Wildman–Crippen LogP) is 3.24. The molecule has 5 heteroatoms. The van der Waals surface area contributed by atoms with Crippen molar-refractivity contribution in [2.75, 3.05) is 10.6 Å². The van der Waals surface area contributed by atoms with E-state index in [-0.39, 0.29) is 23.6 Å². The second-order valence-electron chi connectivity index (χ2n) is 5.36. The first kappa shape index (κ1) is 15.7. The van der Waals surface area contributed by atoms with Crippen LogP contribution in [0.5, 0.6) is 0 Å². The van der Waals surface area contributed by atoms with Crippen molar-refractivity contribution in [3.05, 3.63) is 53.7 Å². The van der Waals surface area contributed by atoms with Crippen molar-refractivity contribution >= 4 is 23.3 Å². The fourth-order valence-electron chi connectivity index (χ4n) is 1.78. The number of aromatic nitrogens is 1. The molecule has 0 unspecified atom stereocenters. The summed E-state index contributed by atoms with van der Waals surface area (Å²) in [4.78, 5) is 28.3. The maximum atomic E-state index is 12.4. The normalized spacial score (nSPS) is 10.4. The molecule has 1 heterocycles. The highest BCUT2D eigenvalue weighted by Crippen LogP contribution is 2.16. The number of nitrogens with one attached hydrogen (secondary N) is 2. The number of carbonyl (C=O) groups is 2. The van der Waals surface area contributed by atoms with E-state index in [0.29, 0.717) is 11.3 Å². The van der Waals surface area contributed by atoms with Gasteiger partial charge in [-0.2, -0.15) is 0 Å². The molecule has 0 atom stereocenters. The Kier molecular flexibility index (Phi) is 4.88. The monoisotopic (exact) mass is 297 g/mol. The molecule has 0 bridgehead atoms. The number of benzene rings is 1. The zero-order valence-electron chi connectivity index (χ0n) is 12.9. The lowest BCUT2D eigenvalue weighted by Gasteiger charge is -2.11. The van der Waals surface area contributed by atoms with Gasteiger partial charge < -0.3 is 10.6 Å². The summed E-state index contributed by atoms with van der Waals surface area (Å²) in [5.74, 6) is -0.403. The maximum Gasteiger partial charge on any atom is 0.259 e. The Bertz CT molecular complexity index is 679. The van der Waals surface area contributed by atoms with E-state index in [9.17, 15) is 9.59 Å². The van der Waals surface area contributed by atoms with Gasteiger partial charge in [0.25, 0.3) is 5.91 Å². The standard InChI is InChI=1S/C17H19N3O2/c1-11(2)16(21)20-15-14(5-4-10-18-15)17(22)19-13-8-6-12(3)7-9-13/h4-11H,1-3H3,(H,19,22)(H,18,20,21). The van der Waals surface area contributed by atoms with E-state index < -0.39 is 0 Å². The lowest BCUT2D eigenvalue weighted by Crippen LogP contribution is -2.22. The van der Waals surface area contributed by atoms with Gasteiger partial charge in [0.2, 0.25) is 5.91 Å². The van der Waals surface area contributed by atoms with Crippen molar-refractivity contribution in [1.82, 2.24) is 4.98 Å². The first-order chi connectivity index (χ1) is 10.5. The summed E-state index contributed by atoms with van der Waals surface area (Å²) in [5.41, 5.74) is 2.14. The number of nitrogens with zero attached hydrogens (tertiary/aromatic N) is 1. The average molecular weight is 297 g/mol. The first-order valence-electron chi connectivity index (χ1n) is 7.11. The first-order valence-corrected chi connectivity index (χ1v) is 7.11. The lowest BCUT2D eigenvalue weighted by molar-refractivity contribution is -0.118. The van der Waals surface area contributed by atoms with Gasteiger partial charge in [-0.3, -0.25) is 9.59 Å². The molecule has 1 aromatic carbocycles. The minimum atomic E-state index is -0.309. The number of rotatable bonds is 4. The van der Waals surface area contributed by atoms with Crippen LogP contribution in [0, 0.1) is 12.8 Å². The van der Waals surface area contributed by atoms with Crippen LogP contribution in [-0.2, 0) is 4.79 Å². The van der Waals surface area contributed by atoms with Crippen molar-refractivity contribution in [1.29, 1.82) is 0 Å². The third-order valence-corrected chi connectivity index (χ3v) is 3.13. The number of anilines is 2. The molecule has 0 aliphatic rings. The molecule has 2 aromatic rings. The van der Waals surface area contributed by atoms with E-state index in [2.05, 4.69) is 15.6 Å². The van der Waals surface area contributed by atoms with Gasteiger partial charge >= 0.3 is 0 Å². The summed E-state index contributed by atoms with van der Waals surface area (Å²) < 4.78 is 0. The molecule has 5 nitrogen and oxygen atoms in total. The van der Waals surface area contributed by atoms with Crippen LogP contribution < -0.4 is 10.6 Å². The largest absolute Gasteiger partial charge is 0.322 e. The van der Waals surface area contributed by atoms with E-state index >= 15 is 0 Å². The van der Waals surface area contributed by atoms with E-state index in [1.165, 1.54) is 0 Å². The summed E-state index contributed by atoms with van der Waals surface area (Å²) in [6.45, 7) is 5.54. The Balaban J connectivity index is 2.19. The van der Waals surface area contributed by atoms with Crippen LogP contribution in [0.2, 0.25) is 0 Å². The van der Waals surface area contributed by atoms with Crippen LogP contribution in [0.25, 0.3) is 0 Å². The van der Waals surface area contributed by atoms with Gasteiger partial charge in [-0.1, -0.05) is 31.5 Å². The molecule has 0 radical (unpaired) electrons. The molecule has 22 heavy (non-hydrogen) atoms. The minimum Gasteiger partial charge on any atom is -0.322 e. The smallest absolute Gasteiger partial charge is 0.259 e. The summed E-state index contributed by atoms with van der Waals surface area (Å²) in [5, 5.41) is 5.47. The van der Waals surface area contributed by atoms with Gasteiger partial charge in [-0.05, 0) is 31.2 Å². The Hall–Kier alpha value is -2.69. The summed E-state index contributed by atoms with van der Waals surface area (Å²) in [6.07, 6.45) is 1.54. The molecule has 1 aromatic heterocycles. The van der Waals surface area contributed by atoms with Gasteiger partial charge in [0.05, 0.1) is 5.56 Å². The Morgan fingerprint density at radius 1 is 1.05 bits per heavy atom. The molecular formula is C17H19N3O2. The highest BCUT2D eigenvalue weighted by atomic mass is 16.2.